The van der Waals surface area contributed by atoms with Gasteiger partial charge in [0.05, 0.1) is 23.2 Å². The second kappa shape index (κ2) is 4.12. The first-order chi connectivity index (χ1) is 7.63. The van der Waals surface area contributed by atoms with E-state index in [4.69, 9.17) is 16.7 Å². The van der Waals surface area contributed by atoms with E-state index in [1.54, 1.807) is 0 Å². The van der Waals surface area contributed by atoms with E-state index in [0.29, 0.717) is 23.7 Å². The fraction of sp³-hybridized carbons (Fsp3) is 0.400. The molecule has 0 saturated carbocycles. The molecule has 6 heteroatoms. The number of anilines is 1. The van der Waals surface area contributed by atoms with Gasteiger partial charge >= 0.3 is 0 Å². The van der Waals surface area contributed by atoms with E-state index in [2.05, 4.69) is 6.07 Å². The average Bonchev–Trinajstić information content (AvgIpc) is 2.53. The lowest BCUT2D eigenvalue weighted by molar-refractivity contribution is 0.1000. The molecular weight excluding hydrogens is 224 g/mol. The molecular formula is C10H12N4OS. The van der Waals surface area contributed by atoms with Crippen LogP contribution in [-0.2, 0) is 13.0 Å². The van der Waals surface area contributed by atoms with Gasteiger partial charge < -0.3 is 11.5 Å². The fourth-order valence-corrected chi connectivity index (χ4v) is 3.15. The third-order valence-corrected chi connectivity index (χ3v) is 3.75. The molecule has 0 saturated heterocycles. The van der Waals surface area contributed by atoms with Crippen molar-refractivity contribution >= 4 is 22.2 Å². The lowest BCUT2D eigenvalue weighted by atomic mass is 10.0. The molecule has 0 atom stereocenters. The molecule has 0 unspecified atom stereocenters. The van der Waals surface area contributed by atoms with Crippen LogP contribution in [0.25, 0.3) is 0 Å². The highest BCUT2D eigenvalue weighted by Gasteiger charge is 2.25. The SMILES string of the molecule is N#CCN1CCc2c(sc(N)c2C(N)=O)C1. The molecule has 2 heterocycles. The van der Waals surface area contributed by atoms with Crippen molar-refractivity contribution in [1.29, 1.82) is 5.26 Å². The van der Waals surface area contributed by atoms with Crippen molar-refractivity contribution in [3.63, 3.8) is 0 Å². The zero-order valence-electron chi connectivity index (χ0n) is 8.69. The summed E-state index contributed by atoms with van der Waals surface area (Å²) in [5.74, 6) is -0.455. The molecule has 0 spiro atoms. The maximum atomic E-state index is 11.2. The Hall–Kier alpha value is -1.58. The standard InChI is InChI=1S/C10H12N4OS/c11-2-4-14-3-1-6-7(5-14)16-10(13)8(6)9(12)15/h1,3-5,13H2,(H2,12,15). The number of rotatable bonds is 2. The van der Waals surface area contributed by atoms with Gasteiger partial charge in [0.25, 0.3) is 5.91 Å². The second-order valence-electron chi connectivity index (χ2n) is 3.73. The number of nitrogens with two attached hydrogens (primary N) is 2. The summed E-state index contributed by atoms with van der Waals surface area (Å²) >= 11 is 1.40. The van der Waals surface area contributed by atoms with Crippen molar-refractivity contribution in [2.24, 2.45) is 5.73 Å². The highest BCUT2D eigenvalue weighted by atomic mass is 32.1. The van der Waals surface area contributed by atoms with Gasteiger partial charge in [-0.25, -0.2) is 0 Å². The Balaban J connectivity index is 2.32. The number of nitriles is 1. The van der Waals surface area contributed by atoms with Crippen LogP contribution in [0.15, 0.2) is 0 Å². The Labute approximate surface area is 97.2 Å². The molecule has 1 aliphatic rings. The van der Waals surface area contributed by atoms with E-state index < -0.39 is 5.91 Å². The van der Waals surface area contributed by atoms with Crippen LogP contribution < -0.4 is 11.5 Å². The minimum Gasteiger partial charge on any atom is -0.390 e. The first kappa shape index (κ1) is 10.9. The van der Waals surface area contributed by atoms with Crippen molar-refractivity contribution in [2.75, 3.05) is 18.8 Å². The third-order valence-electron chi connectivity index (χ3n) is 2.70. The van der Waals surface area contributed by atoms with Crippen LogP contribution in [0.1, 0.15) is 20.8 Å². The van der Waals surface area contributed by atoms with Crippen LogP contribution in [0.2, 0.25) is 0 Å². The van der Waals surface area contributed by atoms with Gasteiger partial charge in [-0.1, -0.05) is 0 Å². The number of carbonyl (C=O) groups excluding carboxylic acids is 1. The maximum absolute atomic E-state index is 11.2. The Kier molecular flexibility index (Phi) is 2.81. The summed E-state index contributed by atoms with van der Waals surface area (Å²) < 4.78 is 0. The van der Waals surface area contributed by atoms with Crippen molar-refractivity contribution < 1.29 is 4.79 Å². The number of nitrogens with zero attached hydrogens (tertiary/aromatic N) is 2. The van der Waals surface area contributed by atoms with Crippen LogP contribution in [0.3, 0.4) is 0 Å². The van der Waals surface area contributed by atoms with Crippen molar-refractivity contribution in [1.82, 2.24) is 4.90 Å². The molecule has 1 aromatic rings. The smallest absolute Gasteiger partial charge is 0.251 e. The van der Waals surface area contributed by atoms with Crippen LogP contribution in [0, 0.1) is 11.3 Å². The van der Waals surface area contributed by atoms with Gasteiger partial charge in [-0.15, -0.1) is 11.3 Å². The quantitative estimate of drug-likeness (QED) is 0.722. The fourth-order valence-electron chi connectivity index (χ4n) is 1.98. The van der Waals surface area contributed by atoms with Gasteiger partial charge in [0.1, 0.15) is 0 Å². The lowest BCUT2D eigenvalue weighted by Gasteiger charge is -2.24. The van der Waals surface area contributed by atoms with E-state index in [1.165, 1.54) is 11.3 Å². The zero-order chi connectivity index (χ0) is 11.7. The molecule has 1 aliphatic heterocycles. The van der Waals surface area contributed by atoms with E-state index in [-0.39, 0.29) is 0 Å². The van der Waals surface area contributed by atoms with Gasteiger partial charge in [-0.2, -0.15) is 5.26 Å². The van der Waals surface area contributed by atoms with E-state index >= 15 is 0 Å². The predicted molar refractivity (Wildman–Crippen MR) is 61.8 cm³/mol. The third kappa shape index (κ3) is 1.75. The number of hydrogen-bond acceptors (Lipinski definition) is 5. The highest BCUT2D eigenvalue weighted by Crippen LogP contribution is 2.34. The molecule has 0 aliphatic carbocycles. The molecule has 0 bridgehead atoms. The normalized spacial score (nSPS) is 15.4. The number of amides is 1. The minimum atomic E-state index is -0.455. The van der Waals surface area contributed by atoms with Gasteiger partial charge in [0, 0.05) is 18.0 Å². The van der Waals surface area contributed by atoms with Crippen molar-refractivity contribution in [3.05, 3.63) is 16.0 Å². The molecule has 16 heavy (non-hydrogen) atoms. The number of thiophene rings is 1. The number of primary amides is 1. The summed E-state index contributed by atoms with van der Waals surface area (Å²) in [5, 5.41) is 9.12. The van der Waals surface area contributed by atoms with Crippen LogP contribution in [0.5, 0.6) is 0 Å². The largest absolute Gasteiger partial charge is 0.390 e. The summed E-state index contributed by atoms with van der Waals surface area (Å²) in [4.78, 5) is 14.3. The first-order valence-corrected chi connectivity index (χ1v) is 5.74. The Morgan fingerprint density at radius 1 is 1.62 bits per heavy atom. The van der Waals surface area contributed by atoms with Gasteiger partial charge in [0.2, 0.25) is 0 Å². The topological polar surface area (TPSA) is 96.1 Å². The van der Waals surface area contributed by atoms with Gasteiger partial charge in [-0.3, -0.25) is 9.69 Å². The number of nitrogen functional groups attached to an aromatic ring is 1. The summed E-state index contributed by atoms with van der Waals surface area (Å²) in [6, 6.07) is 2.12. The molecule has 1 aromatic heterocycles. The van der Waals surface area contributed by atoms with E-state index in [9.17, 15) is 4.79 Å². The highest BCUT2D eigenvalue weighted by molar-refractivity contribution is 7.16. The molecule has 1 amide bonds. The maximum Gasteiger partial charge on any atom is 0.251 e. The molecule has 0 fully saturated rings. The van der Waals surface area contributed by atoms with Gasteiger partial charge in [-0.05, 0) is 12.0 Å². The average molecular weight is 236 g/mol. The van der Waals surface area contributed by atoms with Crippen molar-refractivity contribution in [2.45, 2.75) is 13.0 Å². The van der Waals surface area contributed by atoms with Crippen LogP contribution in [0.4, 0.5) is 5.00 Å². The molecule has 4 N–H and O–H groups in total. The number of carbonyl (C=O) groups is 1. The van der Waals surface area contributed by atoms with Crippen molar-refractivity contribution in [3.8, 4) is 6.07 Å². The monoisotopic (exact) mass is 236 g/mol. The summed E-state index contributed by atoms with van der Waals surface area (Å²) in [7, 11) is 0. The summed E-state index contributed by atoms with van der Waals surface area (Å²) in [6.07, 6.45) is 0.739. The molecule has 0 radical (unpaired) electrons. The number of fused-ring (bicyclic) bond motifs is 1. The Morgan fingerprint density at radius 3 is 3.00 bits per heavy atom. The molecule has 5 nitrogen and oxygen atoms in total. The lowest BCUT2D eigenvalue weighted by Crippen LogP contribution is -2.30. The zero-order valence-corrected chi connectivity index (χ0v) is 9.51. The summed E-state index contributed by atoms with van der Waals surface area (Å²) in [5.41, 5.74) is 12.5. The number of hydrogen-bond donors (Lipinski definition) is 2. The van der Waals surface area contributed by atoms with Gasteiger partial charge in [0.15, 0.2) is 0 Å². The van der Waals surface area contributed by atoms with Crippen LogP contribution >= 0.6 is 11.3 Å². The predicted octanol–water partition coefficient (Wildman–Crippen LogP) is 0.311. The van der Waals surface area contributed by atoms with E-state index in [0.717, 1.165) is 23.4 Å². The molecule has 2 rings (SSSR count). The Bertz CT molecular complexity index is 474. The van der Waals surface area contributed by atoms with E-state index in [1.807, 2.05) is 4.90 Å². The molecule has 84 valence electrons. The second-order valence-corrected chi connectivity index (χ2v) is 4.86. The molecule has 0 aromatic carbocycles. The van der Waals surface area contributed by atoms with Crippen LogP contribution in [-0.4, -0.2) is 23.9 Å². The summed E-state index contributed by atoms with van der Waals surface area (Å²) in [6.45, 7) is 1.87. The first-order valence-electron chi connectivity index (χ1n) is 4.92. The Morgan fingerprint density at radius 2 is 2.38 bits per heavy atom. The minimum absolute atomic E-state index is 0.406.